The van der Waals surface area contributed by atoms with Gasteiger partial charge in [-0.05, 0) is 46.3 Å². The van der Waals surface area contributed by atoms with Crippen LogP contribution in [0.3, 0.4) is 0 Å². The number of halogens is 1. The second kappa shape index (κ2) is 5.89. The zero-order valence-electron chi connectivity index (χ0n) is 10.8. The standard InChI is InChI=1S/C15H14BrNO2/c1-17(12-4-3-5-14(8-12)19-2)13-7-6-11(10-18)15(16)9-13/h3-10H,1-2H3. The Morgan fingerprint density at radius 3 is 2.53 bits per heavy atom. The van der Waals surface area contributed by atoms with E-state index in [0.717, 1.165) is 27.9 Å². The lowest BCUT2D eigenvalue weighted by Gasteiger charge is -2.20. The van der Waals surface area contributed by atoms with Crippen LogP contribution in [0, 0.1) is 0 Å². The maximum absolute atomic E-state index is 10.8. The summed E-state index contributed by atoms with van der Waals surface area (Å²) >= 11 is 3.39. The van der Waals surface area contributed by atoms with E-state index in [2.05, 4.69) is 15.9 Å². The zero-order valence-corrected chi connectivity index (χ0v) is 12.3. The molecule has 0 unspecified atom stereocenters. The molecular formula is C15H14BrNO2. The third-order valence-electron chi connectivity index (χ3n) is 2.94. The molecule has 0 spiro atoms. The van der Waals surface area contributed by atoms with Crippen molar-refractivity contribution in [3.8, 4) is 5.75 Å². The van der Waals surface area contributed by atoms with Crippen molar-refractivity contribution in [2.24, 2.45) is 0 Å². The molecule has 98 valence electrons. The van der Waals surface area contributed by atoms with Crippen LogP contribution in [0.25, 0.3) is 0 Å². The molecule has 0 fully saturated rings. The molecule has 2 aromatic rings. The topological polar surface area (TPSA) is 29.5 Å². The van der Waals surface area contributed by atoms with Crippen LogP contribution in [0.5, 0.6) is 5.75 Å². The first kappa shape index (κ1) is 13.6. The number of carbonyl (C=O) groups excluding carboxylic acids is 1. The van der Waals surface area contributed by atoms with Crippen LogP contribution in [0.15, 0.2) is 46.9 Å². The van der Waals surface area contributed by atoms with Gasteiger partial charge in [-0.15, -0.1) is 0 Å². The minimum absolute atomic E-state index is 0.641. The van der Waals surface area contributed by atoms with Crippen molar-refractivity contribution < 1.29 is 9.53 Å². The number of methoxy groups -OCH3 is 1. The predicted molar refractivity (Wildman–Crippen MR) is 80.6 cm³/mol. The fourth-order valence-corrected chi connectivity index (χ4v) is 2.25. The number of carbonyl (C=O) groups is 1. The molecule has 3 nitrogen and oxygen atoms in total. The van der Waals surface area contributed by atoms with Gasteiger partial charge in [-0.1, -0.05) is 6.07 Å². The molecule has 0 aliphatic carbocycles. The minimum Gasteiger partial charge on any atom is -0.497 e. The SMILES string of the molecule is COc1cccc(N(C)c2ccc(C=O)c(Br)c2)c1. The number of benzene rings is 2. The van der Waals surface area contributed by atoms with Gasteiger partial charge in [0.25, 0.3) is 0 Å². The summed E-state index contributed by atoms with van der Waals surface area (Å²) in [5.74, 6) is 0.813. The number of ether oxygens (including phenoxy) is 1. The molecular weight excluding hydrogens is 306 g/mol. The first-order valence-corrected chi connectivity index (χ1v) is 6.57. The van der Waals surface area contributed by atoms with Crippen molar-refractivity contribution in [1.29, 1.82) is 0 Å². The Morgan fingerprint density at radius 1 is 1.16 bits per heavy atom. The third kappa shape index (κ3) is 2.96. The third-order valence-corrected chi connectivity index (χ3v) is 3.63. The highest BCUT2D eigenvalue weighted by Gasteiger charge is 2.07. The molecule has 0 amide bonds. The lowest BCUT2D eigenvalue weighted by Crippen LogP contribution is -2.09. The molecule has 0 N–H and O–H groups in total. The summed E-state index contributed by atoms with van der Waals surface area (Å²) in [7, 11) is 3.62. The van der Waals surface area contributed by atoms with Gasteiger partial charge in [0, 0.05) is 34.5 Å². The number of aldehydes is 1. The molecule has 19 heavy (non-hydrogen) atoms. The normalized spacial score (nSPS) is 10.1. The second-order valence-electron chi connectivity index (χ2n) is 4.08. The van der Waals surface area contributed by atoms with E-state index in [0.29, 0.717) is 5.56 Å². The van der Waals surface area contributed by atoms with Crippen molar-refractivity contribution in [3.63, 3.8) is 0 Å². The van der Waals surface area contributed by atoms with E-state index in [4.69, 9.17) is 4.74 Å². The molecule has 2 rings (SSSR count). The average molecular weight is 320 g/mol. The summed E-state index contributed by atoms with van der Waals surface area (Å²) in [5.41, 5.74) is 2.65. The highest BCUT2D eigenvalue weighted by molar-refractivity contribution is 9.10. The lowest BCUT2D eigenvalue weighted by molar-refractivity contribution is 0.112. The van der Waals surface area contributed by atoms with Crippen molar-refractivity contribution >= 4 is 33.6 Å². The van der Waals surface area contributed by atoms with Gasteiger partial charge in [0.2, 0.25) is 0 Å². The molecule has 4 heteroatoms. The summed E-state index contributed by atoms with van der Waals surface area (Å²) in [6, 6.07) is 13.4. The number of hydrogen-bond acceptors (Lipinski definition) is 3. The number of anilines is 2. The zero-order chi connectivity index (χ0) is 13.8. The number of nitrogens with zero attached hydrogens (tertiary/aromatic N) is 1. The van der Waals surface area contributed by atoms with Crippen molar-refractivity contribution in [2.75, 3.05) is 19.1 Å². The van der Waals surface area contributed by atoms with Gasteiger partial charge in [-0.25, -0.2) is 0 Å². The predicted octanol–water partition coefficient (Wildman–Crippen LogP) is 4.04. The number of rotatable bonds is 4. The van der Waals surface area contributed by atoms with Crippen LogP contribution >= 0.6 is 15.9 Å². The molecule has 0 saturated heterocycles. The Balaban J connectivity index is 2.35. The Morgan fingerprint density at radius 2 is 1.89 bits per heavy atom. The fourth-order valence-electron chi connectivity index (χ4n) is 1.79. The number of hydrogen-bond donors (Lipinski definition) is 0. The molecule has 0 aromatic heterocycles. The van der Waals surface area contributed by atoms with Gasteiger partial charge < -0.3 is 9.64 Å². The Hall–Kier alpha value is -1.81. The first-order chi connectivity index (χ1) is 9.15. The van der Waals surface area contributed by atoms with Crippen molar-refractivity contribution in [1.82, 2.24) is 0 Å². The molecule has 0 atom stereocenters. The van der Waals surface area contributed by atoms with E-state index in [1.54, 1.807) is 13.2 Å². The van der Waals surface area contributed by atoms with E-state index in [1.165, 1.54) is 0 Å². The molecule has 0 heterocycles. The van der Waals surface area contributed by atoms with Crippen molar-refractivity contribution in [3.05, 3.63) is 52.5 Å². The van der Waals surface area contributed by atoms with E-state index in [-0.39, 0.29) is 0 Å². The Labute approximate surface area is 120 Å². The van der Waals surface area contributed by atoms with Gasteiger partial charge in [0.05, 0.1) is 7.11 Å². The van der Waals surface area contributed by atoms with Crippen LogP contribution in [0.2, 0.25) is 0 Å². The van der Waals surface area contributed by atoms with Crippen LogP contribution in [0.4, 0.5) is 11.4 Å². The Bertz CT molecular complexity index is 598. The summed E-state index contributed by atoms with van der Waals surface area (Å²) in [4.78, 5) is 12.8. The summed E-state index contributed by atoms with van der Waals surface area (Å²) in [6.07, 6.45) is 0.833. The largest absolute Gasteiger partial charge is 0.497 e. The average Bonchev–Trinajstić information content (AvgIpc) is 2.46. The molecule has 0 saturated carbocycles. The van der Waals surface area contributed by atoms with E-state index in [1.807, 2.05) is 48.3 Å². The molecule has 0 bridgehead atoms. The van der Waals surface area contributed by atoms with Gasteiger partial charge >= 0.3 is 0 Å². The summed E-state index contributed by atoms with van der Waals surface area (Å²) < 4.78 is 6.01. The molecule has 2 aromatic carbocycles. The summed E-state index contributed by atoms with van der Waals surface area (Å²) in [5, 5.41) is 0. The maximum atomic E-state index is 10.8. The van der Waals surface area contributed by atoms with E-state index in [9.17, 15) is 4.79 Å². The minimum atomic E-state index is 0.641. The highest BCUT2D eigenvalue weighted by atomic mass is 79.9. The van der Waals surface area contributed by atoms with Gasteiger partial charge in [-0.3, -0.25) is 4.79 Å². The summed E-state index contributed by atoms with van der Waals surface area (Å²) in [6.45, 7) is 0. The lowest BCUT2D eigenvalue weighted by atomic mass is 10.2. The maximum Gasteiger partial charge on any atom is 0.151 e. The highest BCUT2D eigenvalue weighted by Crippen LogP contribution is 2.29. The fraction of sp³-hybridized carbons (Fsp3) is 0.133. The molecule has 0 aliphatic heterocycles. The van der Waals surface area contributed by atoms with Gasteiger partial charge in [-0.2, -0.15) is 0 Å². The van der Waals surface area contributed by atoms with E-state index >= 15 is 0 Å². The molecule has 0 aliphatic rings. The van der Waals surface area contributed by atoms with Gasteiger partial charge in [0.15, 0.2) is 6.29 Å². The van der Waals surface area contributed by atoms with Crippen molar-refractivity contribution in [2.45, 2.75) is 0 Å². The van der Waals surface area contributed by atoms with Crippen LogP contribution in [0.1, 0.15) is 10.4 Å². The Kier molecular flexibility index (Phi) is 4.22. The smallest absolute Gasteiger partial charge is 0.151 e. The molecule has 0 radical (unpaired) electrons. The van der Waals surface area contributed by atoms with Crippen LogP contribution in [-0.4, -0.2) is 20.4 Å². The van der Waals surface area contributed by atoms with Gasteiger partial charge in [0.1, 0.15) is 5.75 Å². The monoisotopic (exact) mass is 319 g/mol. The second-order valence-corrected chi connectivity index (χ2v) is 4.94. The van der Waals surface area contributed by atoms with E-state index < -0.39 is 0 Å². The van der Waals surface area contributed by atoms with Crippen LogP contribution < -0.4 is 9.64 Å². The quantitative estimate of drug-likeness (QED) is 0.796. The first-order valence-electron chi connectivity index (χ1n) is 5.78. The van der Waals surface area contributed by atoms with Crippen LogP contribution in [-0.2, 0) is 0 Å².